The summed E-state index contributed by atoms with van der Waals surface area (Å²) in [6.07, 6.45) is 0. The minimum Gasteiger partial charge on any atom is -0.457 e. The Morgan fingerprint density at radius 2 is 1.67 bits per heavy atom. The molecule has 0 amide bonds. The van der Waals surface area contributed by atoms with Gasteiger partial charge >= 0.3 is 0 Å². The molecule has 18 heavy (non-hydrogen) atoms. The van der Waals surface area contributed by atoms with Crippen LogP contribution in [0, 0.1) is 6.92 Å². The van der Waals surface area contributed by atoms with Crippen LogP contribution in [0.2, 0.25) is 0 Å². The molecule has 0 radical (unpaired) electrons. The zero-order valence-corrected chi connectivity index (χ0v) is 11.1. The van der Waals surface area contributed by atoms with Crippen LogP contribution in [0.25, 0.3) is 0 Å². The highest BCUT2D eigenvalue weighted by molar-refractivity contribution is 5.45. The highest BCUT2D eigenvalue weighted by atomic mass is 16.5. The van der Waals surface area contributed by atoms with Crippen LogP contribution in [-0.2, 0) is 0 Å². The summed E-state index contributed by atoms with van der Waals surface area (Å²) in [6, 6.07) is 13.8. The number of aryl methyl sites for hydroxylation is 1. The van der Waals surface area contributed by atoms with Crippen LogP contribution in [0.15, 0.2) is 42.5 Å². The highest BCUT2D eigenvalue weighted by Gasteiger charge is 2.08. The number of hydrogen-bond donors (Lipinski definition) is 1. The molecule has 2 nitrogen and oxygen atoms in total. The van der Waals surface area contributed by atoms with Gasteiger partial charge in [-0.15, -0.1) is 0 Å². The lowest BCUT2D eigenvalue weighted by atomic mass is 10.0. The smallest absolute Gasteiger partial charge is 0.131 e. The zero-order valence-electron chi connectivity index (χ0n) is 11.1. The van der Waals surface area contributed by atoms with E-state index in [0.717, 1.165) is 17.2 Å². The van der Waals surface area contributed by atoms with E-state index in [-0.39, 0.29) is 0 Å². The van der Waals surface area contributed by atoms with E-state index in [1.807, 2.05) is 24.3 Å². The fourth-order valence-electron chi connectivity index (χ4n) is 1.87. The predicted octanol–water partition coefficient (Wildman–Crippen LogP) is 4.49. The molecule has 0 aliphatic carbocycles. The monoisotopic (exact) mass is 241 g/mol. The third-order valence-corrected chi connectivity index (χ3v) is 2.90. The number of ether oxygens (including phenoxy) is 1. The first-order chi connectivity index (χ1) is 8.56. The Balaban J connectivity index is 2.32. The Morgan fingerprint density at radius 3 is 2.28 bits per heavy atom. The highest BCUT2D eigenvalue weighted by Crippen LogP contribution is 2.31. The molecule has 2 rings (SSSR count). The van der Waals surface area contributed by atoms with Gasteiger partial charge in [-0.3, -0.25) is 0 Å². The predicted molar refractivity (Wildman–Crippen MR) is 76.2 cm³/mol. The topological polar surface area (TPSA) is 35.2 Å². The number of rotatable bonds is 3. The molecule has 0 aliphatic rings. The fraction of sp³-hybridized carbons (Fsp3) is 0.250. The second-order valence-electron chi connectivity index (χ2n) is 4.87. The number of benzene rings is 2. The molecular formula is C16H19NO. The molecule has 0 spiro atoms. The van der Waals surface area contributed by atoms with Crippen molar-refractivity contribution in [2.75, 3.05) is 5.73 Å². The molecule has 0 saturated heterocycles. The molecule has 2 N–H and O–H groups in total. The maximum absolute atomic E-state index is 5.95. The van der Waals surface area contributed by atoms with E-state index in [4.69, 9.17) is 10.5 Å². The van der Waals surface area contributed by atoms with Gasteiger partial charge in [0.25, 0.3) is 0 Å². The van der Waals surface area contributed by atoms with Crippen molar-refractivity contribution in [1.82, 2.24) is 0 Å². The second kappa shape index (κ2) is 5.13. The Labute approximate surface area is 108 Å². The summed E-state index contributed by atoms with van der Waals surface area (Å²) >= 11 is 0. The summed E-state index contributed by atoms with van der Waals surface area (Å²) in [5, 5.41) is 0. The Kier molecular flexibility index (Phi) is 3.56. The van der Waals surface area contributed by atoms with Crippen LogP contribution in [-0.4, -0.2) is 0 Å². The van der Waals surface area contributed by atoms with E-state index >= 15 is 0 Å². The first-order valence-corrected chi connectivity index (χ1v) is 6.20. The summed E-state index contributed by atoms with van der Waals surface area (Å²) in [5.41, 5.74) is 8.83. The van der Waals surface area contributed by atoms with Gasteiger partial charge in [-0.05, 0) is 54.3 Å². The van der Waals surface area contributed by atoms with Crippen molar-refractivity contribution in [2.45, 2.75) is 26.7 Å². The number of anilines is 1. The largest absolute Gasteiger partial charge is 0.457 e. The Morgan fingerprint density at radius 1 is 1.00 bits per heavy atom. The molecule has 0 aromatic heterocycles. The first-order valence-electron chi connectivity index (χ1n) is 6.20. The van der Waals surface area contributed by atoms with Crippen molar-refractivity contribution in [3.05, 3.63) is 53.6 Å². The van der Waals surface area contributed by atoms with Crippen molar-refractivity contribution in [2.24, 2.45) is 0 Å². The molecule has 94 valence electrons. The van der Waals surface area contributed by atoms with Crippen LogP contribution >= 0.6 is 0 Å². The van der Waals surface area contributed by atoms with E-state index in [1.54, 1.807) is 0 Å². The minimum absolute atomic E-state index is 0.439. The van der Waals surface area contributed by atoms with Gasteiger partial charge in [-0.1, -0.05) is 26.0 Å². The van der Waals surface area contributed by atoms with Crippen LogP contribution in [0.3, 0.4) is 0 Å². The van der Waals surface area contributed by atoms with Gasteiger partial charge in [-0.2, -0.15) is 0 Å². The Hall–Kier alpha value is -1.96. The molecule has 0 aliphatic heterocycles. The molecule has 0 heterocycles. The molecule has 2 aromatic carbocycles. The van der Waals surface area contributed by atoms with Gasteiger partial charge in [0.1, 0.15) is 11.5 Å². The molecule has 2 heteroatoms. The average molecular weight is 241 g/mol. The van der Waals surface area contributed by atoms with Crippen LogP contribution in [0.1, 0.15) is 30.9 Å². The molecule has 0 unspecified atom stereocenters. The van der Waals surface area contributed by atoms with Crippen molar-refractivity contribution >= 4 is 5.69 Å². The SMILES string of the molecule is Cc1ccc(C(C)C)c(Oc2ccc(N)cc2)c1. The van der Waals surface area contributed by atoms with Crippen LogP contribution in [0.4, 0.5) is 5.69 Å². The summed E-state index contributed by atoms with van der Waals surface area (Å²) in [6.45, 7) is 6.40. The normalized spacial score (nSPS) is 10.7. The van der Waals surface area contributed by atoms with Gasteiger partial charge in [0.05, 0.1) is 0 Å². The van der Waals surface area contributed by atoms with E-state index in [0.29, 0.717) is 5.92 Å². The lowest BCUT2D eigenvalue weighted by Crippen LogP contribution is -1.95. The van der Waals surface area contributed by atoms with E-state index in [2.05, 4.69) is 39.0 Å². The Bertz CT molecular complexity index is 529. The molecular weight excluding hydrogens is 222 g/mol. The fourth-order valence-corrected chi connectivity index (χ4v) is 1.87. The maximum atomic E-state index is 5.95. The molecule has 0 atom stereocenters. The van der Waals surface area contributed by atoms with Crippen molar-refractivity contribution in [3.8, 4) is 11.5 Å². The van der Waals surface area contributed by atoms with Gasteiger partial charge in [0.15, 0.2) is 0 Å². The lowest BCUT2D eigenvalue weighted by molar-refractivity contribution is 0.473. The molecule has 0 bridgehead atoms. The molecule has 0 fully saturated rings. The lowest BCUT2D eigenvalue weighted by Gasteiger charge is -2.14. The quantitative estimate of drug-likeness (QED) is 0.803. The summed E-state index contributed by atoms with van der Waals surface area (Å²) < 4.78 is 5.95. The van der Waals surface area contributed by atoms with Crippen molar-refractivity contribution < 1.29 is 4.74 Å². The molecule has 2 aromatic rings. The second-order valence-corrected chi connectivity index (χ2v) is 4.87. The van der Waals surface area contributed by atoms with Gasteiger partial charge in [-0.25, -0.2) is 0 Å². The zero-order chi connectivity index (χ0) is 13.1. The standard InChI is InChI=1S/C16H19NO/c1-11(2)15-9-4-12(3)10-16(15)18-14-7-5-13(17)6-8-14/h4-11H,17H2,1-3H3. The third kappa shape index (κ3) is 2.83. The van der Waals surface area contributed by atoms with E-state index in [9.17, 15) is 0 Å². The third-order valence-electron chi connectivity index (χ3n) is 2.90. The van der Waals surface area contributed by atoms with Gasteiger partial charge in [0.2, 0.25) is 0 Å². The van der Waals surface area contributed by atoms with E-state index in [1.165, 1.54) is 11.1 Å². The number of nitrogens with two attached hydrogens (primary N) is 1. The van der Waals surface area contributed by atoms with Crippen molar-refractivity contribution in [3.63, 3.8) is 0 Å². The van der Waals surface area contributed by atoms with Gasteiger partial charge in [0, 0.05) is 5.69 Å². The average Bonchev–Trinajstić information content (AvgIpc) is 2.32. The van der Waals surface area contributed by atoms with Crippen LogP contribution < -0.4 is 10.5 Å². The number of nitrogen functional groups attached to an aromatic ring is 1. The summed E-state index contributed by atoms with van der Waals surface area (Å²) in [7, 11) is 0. The first kappa shape index (κ1) is 12.5. The van der Waals surface area contributed by atoms with Crippen LogP contribution in [0.5, 0.6) is 11.5 Å². The summed E-state index contributed by atoms with van der Waals surface area (Å²) in [5.74, 6) is 2.18. The maximum Gasteiger partial charge on any atom is 0.131 e. The minimum atomic E-state index is 0.439. The van der Waals surface area contributed by atoms with E-state index < -0.39 is 0 Å². The van der Waals surface area contributed by atoms with Crippen molar-refractivity contribution in [1.29, 1.82) is 0 Å². The summed E-state index contributed by atoms with van der Waals surface area (Å²) in [4.78, 5) is 0. The van der Waals surface area contributed by atoms with Gasteiger partial charge < -0.3 is 10.5 Å². The molecule has 0 saturated carbocycles. The number of hydrogen-bond acceptors (Lipinski definition) is 2.